The molecule has 6 heteroatoms. The molecular formula is C14H18ClNO4. The highest BCUT2D eigenvalue weighted by Gasteiger charge is 2.14. The molecule has 0 aliphatic carbocycles. The lowest BCUT2D eigenvalue weighted by atomic mass is 10.3. The number of benzene rings is 1. The summed E-state index contributed by atoms with van der Waals surface area (Å²) in [5, 5.41) is 0.549. The number of amides is 1. The van der Waals surface area contributed by atoms with Gasteiger partial charge in [-0.25, -0.2) is 0 Å². The molecule has 0 heterocycles. The molecule has 0 spiro atoms. The van der Waals surface area contributed by atoms with Crippen LogP contribution in [0.15, 0.2) is 24.3 Å². The van der Waals surface area contributed by atoms with Gasteiger partial charge in [0.2, 0.25) is 0 Å². The van der Waals surface area contributed by atoms with Crippen molar-refractivity contribution in [1.29, 1.82) is 0 Å². The van der Waals surface area contributed by atoms with E-state index in [1.165, 1.54) is 7.11 Å². The molecule has 1 amide bonds. The number of hydrogen-bond donors (Lipinski definition) is 0. The number of esters is 1. The van der Waals surface area contributed by atoms with Crippen LogP contribution in [0.5, 0.6) is 5.75 Å². The van der Waals surface area contributed by atoms with Crippen molar-refractivity contribution in [1.82, 2.24) is 4.90 Å². The summed E-state index contributed by atoms with van der Waals surface area (Å²) in [6, 6.07) is 6.84. The van der Waals surface area contributed by atoms with Gasteiger partial charge in [-0.1, -0.05) is 17.7 Å². The SMILES string of the molecule is CCN(CCC(=O)OC)C(=O)COc1cccc(Cl)c1. The zero-order valence-corrected chi connectivity index (χ0v) is 12.4. The van der Waals surface area contributed by atoms with Gasteiger partial charge in [0.25, 0.3) is 5.91 Å². The summed E-state index contributed by atoms with van der Waals surface area (Å²) in [6.45, 7) is 2.58. The van der Waals surface area contributed by atoms with E-state index in [1.54, 1.807) is 29.2 Å². The smallest absolute Gasteiger partial charge is 0.307 e. The first kappa shape index (κ1) is 16.3. The molecule has 0 fully saturated rings. The Morgan fingerprint density at radius 3 is 2.70 bits per heavy atom. The van der Waals surface area contributed by atoms with Crippen LogP contribution in [-0.4, -0.2) is 43.6 Å². The van der Waals surface area contributed by atoms with Gasteiger partial charge in [-0.15, -0.1) is 0 Å². The molecule has 20 heavy (non-hydrogen) atoms. The van der Waals surface area contributed by atoms with Gasteiger partial charge in [-0.2, -0.15) is 0 Å². The molecular weight excluding hydrogens is 282 g/mol. The molecule has 0 aliphatic rings. The Balaban J connectivity index is 2.45. The molecule has 0 N–H and O–H groups in total. The summed E-state index contributed by atoms with van der Waals surface area (Å²) >= 11 is 5.82. The minimum Gasteiger partial charge on any atom is -0.484 e. The largest absolute Gasteiger partial charge is 0.484 e. The molecule has 0 unspecified atom stereocenters. The number of rotatable bonds is 7. The Hall–Kier alpha value is -1.75. The molecule has 0 atom stereocenters. The summed E-state index contributed by atoms with van der Waals surface area (Å²) in [6.07, 6.45) is 0.174. The predicted octanol–water partition coefficient (Wildman–Crippen LogP) is 2.13. The van der Waals surface area contributed by atoms with Crippen molar-refractivity contribution >= 4 is 23.5 Å². The summed E-state index contributed by atoms with van der Waals surface area (Å²) in [7, 11) is 1.32. The first-order chi connectivity index (χ1) is 9.56. The van der Waals surface area contributed by atoms with Crippen LogP contribution in [0.4, 0.5) is 0 Å². The average molecular weight is 300 g/mol. The van der Waals surface area contributed by atoms with Crippen LogP contribution in [0.25, 0.3) is 0 Å². The molecule has 1 rings (SSSR count). The Labute approximate surface area is 123 Å². The van der Waals surface area contributed by atoms with Gasteiger partial charge in [-0.05, 0) is 25.1 Å². The van der Waals surface area contributed by atoms with Crippen LogP contribution in [0.3, 0.4) is 0 Å². The number of carbonyl (C=O) groups is 2. The molecule has 0 aliphatic heterocycles. The monoisotopic (exact) mass is 299 g/mol. The lowest BCUT2D eigenvalue weighted by molar-refractivity contribution is -0.142. The number of nitrogens with zero attached hydrogens (tertiary/aromatic N) is 1. The van der Waals surface area contributed by atoms with Crippen LogP contribution in [0.1, 0.15) is 13.3 Å². The lowest BCUT2D eigenvalue weighted by Crippen LogP contribution is -2.36. The van der Waals surface area contributed by atoms with Crippen molar-refractivity contribution in [3.63, 3.8) is 0 Å². The van der Waals surface area contributed by atoms with Crippen molar-refractivity contribution in [2.24, 2.45) is 0 Å². The maximum absolute atomic E-state index is 11.9. The predicted molar refractivity (Wildman–Crippen MR) is 75.8 cm³/mol. The van der Waals surface area contributed by atoms with Crippen LogP contribution in [0.2, 0.25) is 5.02 Å². The van der Waals surface area contributed by atoms with Crippen LogP contribution in [-0.2, 0) is 14.3 Å². The van der Waals surface area contributed by atoms with Crippen LogP contribution in [0, 0.1) is 0 Å². The van der Waals surface area contributed by atoms with E-state index in [2.05, 4.69) is 4.74 Å². The third-order valence-corrected chi connectivity index (χ3v) is 2.94. The van der Waals surface area contributed by atoms with Crippen molar-refractivity contribution in [3.8, 4) is 5.75 Å². The summed E-state index contributed by atoms with van der Waals surface area (Å²) in [5.74, 6) is 0.0123. The zero-order chi connectivity index (χ0) is 15.0. The van der Waals surface area contributed by atoms with Crippen molar-refractivity contribution in [2.45, 2.75) is 13.3 Å². The van der Waals surface area contributed by atoms with E-state index >= 15 is 0 Å². The number of methoxy groups -OCH3 is 1. The van der Waals surface area contributed by atoms with Gasteiger partial charge < -0.3 is 14.4 Å². The lowest BCUT2D eigenvalue weighted by Gasteiger charge is -2.20. The highest BCUT2D eigenvalue weighted by Crippen LogP contribution is 2.17. The molecule has 0 saturated carbocycles. The van der Waals surface area contributed by atoms with Crippen LogP contribution < -0.4 is 4.74 Å². The van der Waals surface area contributed by atoms with Crippen LogP contribution >= 0.6 is 11.6 Å². The Morgan fingerprint density at radius 2 is 2.10 bits per heavy atom. The highest BCUT2D eigenvalue weighted by atomic mass is 35.5. The van der Waals surface area contributed by atoms with Crippen molar-refractivity contribution in [3.05, 3.63) is 29.3 Å². The van der Waals surface area contributed by atoms with Gasteiger partial charge in [0.15, 0.2) is 6.61 Å². The fraction of sp³-hybridized carbons (Fsp3) is 0.429. The summed E-state index contributed by atoms with van der Waals surface area (Å²) in [4.78, 5) is 24.6. The first-order valence-corrected chi connectivity index (χ1v) is 6.67. The number of ether oxygens (including phenoxy) is 2. The summed E-state index contributed by atoms with van der Waals surface area (Å²) < 4.78 is 9.92. The van der Waals surface area contributed by atoms with Gasteiger partial charge >= 0.3 is 5.97 Å². The fourth-order valence-electron chi connectivity index (χ4n) is 1.58. The highest BCUT2D eigenvalue weighted by molar-refractivity contribution is 6.30. The molecule has 5 nitrogen and oxygen atoms in total. The summed E-state index contributed by atoms with van der Waals surface area (Å²) in [5.41, 5.74) is 0. The van der Waals surface area contributed by atoms with E-state index in [1.807, 2.05) is 6.92 Å². The fourth-order valence-corrected chi connectivity index (χ4v) is 1.76. The molecule has 0 saturated heterocycles. The van der Waals surface area contributed by atoms with E-state index in [-0.39, 0.29) is 24.9 Å². The number of carbonyl (C=O) groups excluding carboxylic acids is 2. The minimum absolute atomic E-state index is 0.0879. The molecule has 110 valence electrons. The Morgan fingerprint density at radius 1 is 1.35 bits per heavy atom. The van der Waals surface area contributed by atoms with Gasteiger partial charge in [-0.3, -0.25) is 9.59 Å². The zero-order valence-electron chi connectivity index (χ0n) is 11.6. The third kappa shape index (κ3) is 5.48. The second-order valence-electron chi connectivity index (χ2n) is 4.05. The van der Waals surface area contributed by atoms with E-state index in [4.69, 9.17) is 16.3 Å². The topological polar surface area (TPSA) is 55.8 Å². The molecule has 1 aromatic rings. The second kappa shape index (κ2) is 8.43. The Kier molecular flexibility index (Phi) is 6.87. The molecule has 0 radical (unpaired) electrons. The second-order valence-corrected chi connectivity index (χ2v) is 4.48. The maximum Gasteiger partial charge on any atom is 0.307 e. The average Bonchev–Trinajstić information content (AvgIpc) is 2.45. The molecule has 0 aromatic heterocycles. The molecule has 0 bridgehead atoms. The van der Waals surface area contributed by atoms with E-state index in [9.17, 15) is 9.59 Å². The number of halogens is 1. The standard InChI is InChI=1S/C14H18ClNO4/c1-3-16(8-7-14(18)19-2)13(17)10-20-12-6-4-5-11(15)9-12/h4-6,9H,3,7-8,10H2,1-2H3. The normalized spacial score (nSPS) is 9.95. The van der Waals surface area contributed by atoms with Crippen molar-refractivity contribution in [2.75, 3.05) is 26.8 Å². The molecule has 1 aromatic carbocycles. The van der Waals surface area contributed by atoms with E-state index in [0.29, 0.717) is 23.9 Å². The minimum atomic E-state index is -0.341. The van der Waals surface area contributed by atoms with E-state index < -0.39 is 0 Å². The van der Waals surface area contributed by atoms with Gasteiger partial charge in [0.05, 0.1) is 13.5 Å². The third-order valence-electron chi connectivity index (χ3n) is 2.71. The number of likely N-dealkylation sites (N-methyl/N-ethyl adjacent to an activating group) is 1. The first-order valence-electron chi connectivity index (χ1n) is 6.29. The quantitative estimate of drug-likeness (QED) is 0.724. The van der Waals surface area contributed by atoms with Gasteiger partial charge in [0, 0.05) is 18.1 Å². The maximum atomic E-state index is 11.9. The number of hydrogen-bond acceptors (Lipinski definition) is 4. The van der Waals surface area contributed by atoms with E-state index in [0.717, 1.165) is 0 Å². The van der Waals surface area contributed by atoms with Gasteiger partial charge in [0.1, 0.15) is 5.75 Å². The van der Waals surface area contributed by atoms with Crippen molar-refractivity contribution < 1.29 is 19.1 Å². The Bertz CT molecular complexity index is 464.